The summed E-state index contributed by atoms with van der Waals surface area (Å²) in [4.78, 5) is 2.37. The summed E-state index contributed by atoms with van der Waals surface area (Å²) in [5.74, 6) is 1.84. The highest BCUT2D eigenvalue weighted by Crippen LogP contribution is 2.16. The van der Waals surface area contributed by atoms with Gasteiger partial charge in [0.15, 0.2) is 0 Å². The van der Waals surface area contributed by atoms with Crippen molar-refractivity contribution in [2.75, 3.05) is 20.1 Å². The van der Waals surface area contributed by atoms with Gasteiger partial charge in [0.25, 0.3) is 0 Å². The lowest BCUT2D eigenvalue weighted by molar-refractivity contribution is 0.298. The summed E-state index contributed by atoms with van der Waals surface area (Å²) < 4.78 is 5.32. The number of nitrogens with two attached hydrogens (primary N) is 1. The topological polar surface area (TPSA) is 42.4 Å². The quantitative estimate of drug-likeness (QED) is 0.734. The van der Waals surface area contributed by atoms with Crippen LogP contribution >= 0.6 is 0 Å². The third-order valence-corrected chi connectivity index (χ3v) is 3.71. The molecule has 0 saturated heterocycles. The summed E-state index contributed by atoms with van der Waals surface area (Å²) in [6.45, 7) is 7.24. The van der Waals surface area contributed by atoms with Crippen LogP contribution in [0.15, 0.2) is 16.7 Å². The molecule has 0 fully saturated rings. The summed E-state index contributed by atoms with van der Waals surface area (Å²) in [5.41, 5.74) is 6.92. The Morgan fingerprint density at radius 3 is 2.72 bits per heavy atom. The lowest BCUT2D eigenvalue weighted by Crippen LogP contribution is -2.20. The maximum Gasteiger partial charge on any atom is 0.105 e. The smallest absolute Gasteiger partial charge is 0.105 e. The highest BCUT2D eigenvalue weighted by molar-refractivity contribution is 5.14. The minimum atomic E-state index is 0.805. The number of furan rings is 1. The van der Waals surface area contributed by atoms with Crippen molar-refractivity contribution in [3.63, 3.8) is 0 Å². The fourth-order valence-corrected chi connectivity index (χ4v) is 2.38. The molecule has 0 aliphatic heterocycles. The van der Waals surface area contributed by atoms with Gasteiger partial charge in [-0.25, -0.2) is 0 Å². The SMILES string of the molecule is CCC(CCN)CCCN(C)Cc1ccoc1C. The van der Waals surface area contributed by atoms with Crippen LogP contribution in [0.4, 0.5) is 0 Å². The van der Waals surface area contributed by atoms with Crippen molar-refractivity contribution in [2.45, 2.75) is 46.1 Å². The van der Waals surface area contributed by atoms with Crippen molar-refractivity contribution in [2.24, 2.45) is 11.7 Å². The highest BCUT2D eigenvalue weighted by atomic mass is 16.3. The molecule has 0 aliphatic carbocycles. The Morgan fingerprint density at radius 1 is 1.39 bits per heavy atom. The van der Waals surface area contributed by atoms with Gasteiger partial charge in [0.1, 0.15) is 5.76 Å². The van der Waals surface area contributed by atoms with E-state index in [1.54, 1.807) is 6.26 Å². The number of hydrogen-bond acceptors (Lipinski definition) is 3. The Bertz CT molecular complexity index is 322. The number of rotatable bonds is 9. The Labute approximate surface area is 111 Å². The van der Waals surface area contributed by atoms with Crippen molar-refractivity contribution < 1.29 is 4.42 Å². The summed E-state index contributed by atoms with van der Waals surface area (Å²) >= 11 is 0. The zero-order valence-corrected chi connectivity index (χ0v) is 12.1. The van der Waals surface area contributed by atoms with E-state index < -0.39 is 0 Å². The van der Waals surface area contributed by atoms with E-state index in [9.17, 15) is 0 Å². The first-order valence-electron chi connectivity index (χ1n) is 7.09. The molecule has 0 aliphatic rings. The Hall–Kier alpha value is -0.800. The number of aryl methyl sites for hydroxylation is 1. The van der Waals surface area contributed by atoms with E-state index >= 15 is 0 Å². The van der Waals surface area contributed by atoms with E-state index in [0.717, 1.165) is 31.3 Å². The molecule has 104 valence electrons. The molecule has 1 aromatic rings. The zero-order chi connectivity index (χ0) is 13.4. The molecule has 0 saturated carbocycles. The van der Waals surface area contributed by atoms with E-state index in [-0.39, 0.29) is 0 Å². The van der Waals surface area contributed by atoms with E-state index in [2.05, 4.69) is 24.9 Å². The summed E-state index contributed by atoms with van der Waals surface area (Å²) in [6.07, 6.45) is 6.74. The molecule has 1 atom stereocenters. The number of hydrogen-bond donors (Lipinski definition) is 1. The second-order valence-electron chi connectivity index (χ2n) is 5.23. The van der Waals surface area contributed by atoms with Crippen LogP contribution in [-0.2, 0) is 6.54 Å². The maximum absolute atomic E-state index is 5.62. The van der Waals surface area contributed by atoms with Crippen molar-refractivity contribution in [3.05, 3.63) is 23.7 Å². The number of nitrogens with zero attached hydrogens (tertiary/aromatic N) is 1. The molecule has 1 unspecified atom stereocenters. The first-order chi connectivity index (χ1) is 8.67. The van der Waals surface area contributed by atoms with Gasteiger partial charge < -0.3 is 15.1 Å². The van der Waals surface area contributed by atoms with Crippen molar-refractivity contribution in [3.8, 4) is 0 Å². The Morgan fingerprint density at radius 2 is 2.17 bits per heavy atom. The lowest BCUT2D eigenvalue weighted by atomic mass is 9.96. The average molecular weight is 252 g/mol. The van der Waals surface area contributed by atoms with E-state index in [4.69, 9.17) is 10.2 Å². The van der Waals surface area contributed by atoms with Crippen LogP contribution in [0.3, 0.4) is 0 Å². The van der Waals surface area contributed by atoms with Crippen molar-refractivity contribution in [1.82, 2.24) is 4.90 Å². The monoisotopic (exact) mass is 252 g/mol. The van der Waals surface area contributed by atoms with Gasteiger partial charge in [-0.05, 0) is 58.3 Å². The van der Waals surface area contributed by atoms with Crippen LogP contribution in [-0.4, -0.2) is 25.0 Å². The van der Waals surface area contributed by atoms with E-state index in [0.29, 0.717) is 0 Å². The van der Waals surface area contributed by atoms with Gasteiger partial charge in [0.05, 0.1) is 6.26 Å². The highest BCUT2D eigenvalue weighted by Gasteiger charge is 2.08. The van der Waals surface area contributed by atoms with Crippen molar-refractivity contribution >= 4 is 0 Å². The summed E-state index contributed by atoms with van der Waals surface area (Å²) in [7, 11) is 2.18. The van der Waals surface area contributed by atoms with Crippen LogP contribution in [0.25, 0.3) is 0 Å². The van der Waals surface area contributed by atoms with Crippen LogP contribution in [0.5, 0.6) is 0 Å². The predicted octanol–water partition coefficient (Wildman–Crippen LogP) is 3.18. The summed E-state index contributed by atoms with van der Waals surface area (Å²) in [6, 6.07) is 2.06. The first kappa shape index (κ1) is 15.3. The molecular weight excluding hydrogens is 224 g/mol. The fourth-order valence-electron chi connectivity index (χ4n) is 2.38. The van der Waals surface area contributed by atoms with Crippen LogP contribution in [0.2, 0.25) is 0 Å². The molecule has 3 heteroatoms. The predicted molar refractivity (Wildman–Crippen MR) is 76.5 cm³/mol. The van der Waals surface area contributed by atoms with E-state index in [1.807, 2.05) is 6.92 Å². The van der Waals surface area contributed by atoms with Crippen LogP contribution in [0.1, 0.15) is 43.9 Å². The second kappa shape index (κ2) is 8.33. The van der Waals surface area contributed by atoms with Gasteiger partial charge in [-0.2, -0.15) is 0 Å². The minimum absolute atomic E-state index is 0.805. The zero-order valence-electron chi connectivity index (χ0n) is 12.1. The molecule has 0 amide bonds. The Kier molecular flexibility index (Phi) is 7.06. The second-order valence-corrected chi connectivity index (χ2v) is 5.23. The third-order valence-electron chi connectivity index (χ3n) is 3.71. The molecule has 0 radical (unpaired) electrons. The largest absolute Gasteiger partial charge is 0.469 e. The molecule has 0 aromatic carbocycles. The third kappa shape index (κ3) is 5.23. The normalized spacial score (nSPS) is 13.2. The van der Waals surface area contributed by atoms with Gasteiger partial charge in [-0.15, -0.1) is 0 Å². The van der Waals surface area contributed by atoms with E-state index in [1.165, 1.54) is 31.2 Å². The van der Waals surface area contributed by atoms with Gasteiger partial charge >= 0.3 is 0 Å². The maximum atomic E-state index is 5.62. The standard InChI is InChI=1S/C15H28N2O/c1-4-14(7-9-16)6-5-10-17(3)12-15-8-11-18-13(15)2/h8,11,14H,4-7,9-10,12,16H2,1-3H3. The molecule has 1 heterocycles. The van der Waals surface area contributed by atoms with Crippen LogP contribution in [0, 0.1) is 12.8 Å². The van der Waals surface area contributed by atoms with Gasteiger partial charge in [-0.3, -0.25) is 0 Å². The molecule has 1 rings (SSSR count). The Balaban J connectivity index is 2.21. The summed E-state index contributed by atoms with van der Waals surface area (Å²) in [5, 5.41) is 0. The molecule has 18 heavy (non-hydrogen) atoms. The first-order valence-corrected chi connectivity index (χ1v) is 7.09. The van der Waals surface area contributed by atoms with Crippen LogP contribution < -0.4 is 5.73 Å². The minimum Gasteiger partial charge on any atom is -0.469 e. The molecule has 0 spiro atoms. The van der Waals surface area contributed by atoms with Crippen molar-refractivity contribution in [1.29, 1.82) is 0 Å². The molecular formula is C15H28N2O. The molecule has 0 bridgehead atoms. The molecule has 1 aromatic heterocycles. The molecule has 3 nitrogen and oxygen atoms in total. The van der Waals surface area contributed by atoms with Gasteiger partial charge in [0, 0.05) is 12.1 Å². The van der Waals surface area contributed by atoms with Gasteiger partial charge in [0.2, 0.25) is 0 Å². The van der Waals surface area contributed by atoms with Gasteiger partial charge in [-0.1, -0.05) is 13.3 Å². The lowest BCUT2D eigenvalue weighted by Gasteiger charge is -2.18. The average Bonchev–Trinajstić information content (AvgIpc) is 2.74. The molecule has 2 N–H and O–H groups in total. The fraction of sp³-hybridized carbons (Fsp3) is 0.733.